The van der Waals surface area contributed by atoms with Crippen molar-refractivity contribution in [2.75, 3.05) is 33.7 Å². The van der Waals surface area contributed by atoms with Gasteiger partial charge < -0.3 is 20.5 Å². The molecule has 1 heterocycles. The van der Waals surface area contributed by atoms with E-state index in [0.717, 1.165) is 49.0 Å². The van der Waals surface area contributed by atoms with E-state index in [1.807, 2.05) is 12.3 Å². The normalized spacial score (nSPS) is 15.9. The SMILES string of the molecule is CN=C(NCCc1c[nH]c2cc(F)ccc12)NCCN(C)C1CCCC1. The predicted octanol–water partition coefficient (Wildman–Crippen LogP) is 2.89. The van der Waals surface area contributed by atoms with Gasteiger partial charge in [-0.25, -0.2) is 4.39 Å². The quantitative estimate of drug-likeness (QED) is 0.526. The zero-order chi connectivity index (χ0) is 18.4. The van der Waals surface area contributed by atoms with Crippen molar-refractivity contribution in [3.63, 3.8) is 0 Å². The van der Waals surface area contributed by atoms with Gasteiger partial charge in [0.15, 0.2) is 5.96 Å². The third-order valence-corrected chi connectivity index (χ3v) is 5.34. The van der Waals surface area contributed by atoms with Crippen molar-refractivity contribution >= 4 is 16.9 Å². The molecular weight excluding hydrogens is 329 g/mol. The average Bonchev–Trinajstić information content (AvgIpc) is 3.30. The molecule has 0 radical (unpaired) electrons. The molecule has 1 aliphatic carbocycles. The van der Waals surface area contributed by atoms with Gasteiger partial charge in [-0.15, -0.1) is 0 Å². The molecule has 1 saturated carbocycles. The van der Waals surface area contributed by atoms with E-state index in [1.165, 1.54) is 43.4 Å². The van der Waals surface area contributed by atoms with E-state index in [2.05, 4.69) is 32.6 Å². The lowest BCUT2D eigenvalue weighted by atomic mass is 10.1. The standard InChI is InChI=1S/C20H30FN5/c1-22-20(24-11-12-26(2)17-5-3-4-6-17)23-10-9-15-14-25-19-13-16(21)7-8-18(15)19/h7-8,13-14,17,25H,3-6,9-12H2,1-2H3,(H2,22,23,24). The zero-order valence-electron chi connectivity index (χ0n) is 15.8. The average molecular weight is 359 g/mol. The minimum atomic E-state index is -0.212. The summed E-state index contributed by atoms with van der Waals surface area (Å²) in [5, 5.41) is 7.83. The van der Waals surface area contributed by atoms with E-state index >= 15 is 0 Å². The second kappa shape index (κ2) is 9.03. The highest BCUT2D eigenvalue weighted by atomic mass is 19.1. The van der Waals surface area contributed by atoms with Crippen LogP contribution in [-0.4, -0.2) is 55.6 Å². The van der Waals surface area contributed by atoms with Gasteiger partial charge in [0.25, 0.3) is 0 Å². The minimum absolute atomic E-state index is 0.212. The van der Waals surface area contributed by atoms with Gasteiger partial charge in [-0.2, -0.15) is 0 Å². The molecule has 0 spiro atoms. The number of fused-ring (bicyclic) bond motifs is 1. The fourth-order valence-electron chi connectivity index (χ4n) is 3.78. The number of benzene rings is 1. The maximum absolute atomic E-state index is 13.3. The molecule has 5 nitrogen and oxygen atoms in total. The number of rotatable bonds is 7. The van der Waals surface area contributed by atoms with Crippen LogP contribution in [0.4, 0.5) is 4.39 Å². The highest BCUT2D eigenvalue weighted by molar-refractivity contribution is 5.83. The van der Waals surface area contributed by atoms with Crippen LogP contribution in [0.2, 0.25) is 0 Å². The number of aromatic amines is 1. The van der Waals surface area contributed by atoms with Crippen LogP contribution in [0.3, 0.4) is 0 Å². The monoisotopic (exact) mass is 359 g/mol. The number of H-pyrrole nitrogens is 1. The summed E-state index contributed by atoms with van der Waals surface area (Å²) < 4.78 is 13.3. The molecule has 26 heavy (non-hydrogen) atoms. The molecule has 3 rings (SSSR count). The largest absolute Gasteiger partial charge is 0.361 e. The van der Waals surface area contributed by atoms with E-state index in [-0.39, 0.29) is 5.82 Å². The first-order valence-corrected chi connectivity index (χ1v) is 9.57. The smallest absolute Gasteiger partial charge is 0.191 e. The lowest BCUT2D eigenvalue weighted by Crippen LogP contribution is -2.43. The molecule has 0 bridgehead atoms. The Bertz CT molecular complexity index is 733. The maximum atomic E-state index is 13.3. The fourth-order valence-corrected chi connectivity index (χ4v) is 3.78. The van der Waals surface area contributed by atoms with Gasteiger partial charge in [0.2, 0.25) is 0 Å². The van der Waals surface area contributed by atoms with Crippen LogP contribution in [0.15, 0.2) is 29.4 Å². The number of hydrogen-bond donors (Lipinski definition) is 3. The minimum Gasteiger partial charge on any atom is -0.361 e. The zero-order valence-corrected chi connectivity index (χ0v) is 15.8. The molecule has 1 aliphatic rings. The Morgan fingerprint density at radius 3 is 2.81 bits per heavy atom. The number of hydrogen-bond acceptors (Lipinski definition) is 2. The first-order chi connectivity index (χ1) is 12.7. The van der Waals surface area contributed by atoms with Crippen molar-refractivity contribution in [2.24, 2.45) is 4.99 Å². The summed E-state index contributed by atoms with van der Waals surface area (Å²) in [5.41, 5.74) is 2.03. The Hall–Kier alpha value is -2.08. The van der Waals surface area contributed by atoms with E-state index in [0.29, 0.717) is 0 Å². The first kappa shape index (κ1) is 18.7. The Morgan fingerprint density at radius 2 is 2.04 bits per heavy atom. The highest BCUT2D eigenvalue weighted by Gasteiger charge is 2.18. The van der Waals surface area contributed by atoms with Gasteiger partial charge in [0, 0.05) is 49.8 Å². The summed E-state index contributed by atoms with van der Waals surface area (Å²) in [5.74, 6) is 0.618. The first-order valence-electron chi connectivity index (χ1n) is 9.57. The number of likely N-dealkylation sites (N-methyl/N-ethyl adjacent to an activating group) is 1. The summed E-state index contributed by atoms with van der Waals surface area (Å²) >= 11 is 0. The van der Waals surface area contributed by atoms with Crippen LogP contribution in [0, 0.1) is 5.82 Å². The maximum Gasteiger partial charge on any atom is 0.191 e. The summed E-state index contributed by atoms with van der Waals surface area (Å²) in [6.45, 7) is 2.70. The molecule has 1 fully saturated rings. The number of nitrogens with one attached hydrogen (secondary N) is 3. The molecule has 3 N–H and O–H groups in total. The van der Waals surface area contributed by atoms with Crippen LogP contribution in [0.25, 0.3) is 10.9 Å². The molecule has 0 aliphatic heterocycles. The Labute approximate surface area is 155 Å². The van der Waals surface area contributed by atoms with E-state index in [4.69, 9.17) is 0 Å². The van der Waals surface area contributed by atoms with Crippen molar-refractivity contribution < 1.29 is 4.39 Å². The summed E-state index contributed by atoms with van der Waals surface area (Å²) in [4.78, 5) is 9.89. The number of aliphatic imine (C=N–C) groups is 1. The third kappa shape index (κ3) is 4.75. The van der Waals surface area contributed by atoms with E-state index < -0.39 is 0 Å². The van der Waals surface area contributed by atoms with Crippen molar-refractivity contribution in [1.82, 2.24) is 20.5 Å². The van der Waals surface area contributed by atoms with Crippen molar-refractivity contribution in [3.8, 4) is 0 Å². The summed E-state index contributed by atoms with van der Waals surface area (Å²) in [6.07, 6.45) is 8.21. The molecule has 0 unspecified atom stereocenters. The molecule has 0 saturated heterocycles. The van der Waals surface area contributed by atoms with Crippen LogP contribution < -0.4 is 10.6 Å². The van der Waals surface area contributed by atoms with Gasteiger partial charge in [0.05, 0.1) is 0 Å². The van der Waals surface area contributed by atoms with E-state index in [1.54, 1.807) is 7.05 Å². The number of guanidine groups is 1. The molecule has 0 amide bonds. The Kier molecular flexibility index (Phi) is 6.50. The van der Waals surface area contributed by atoms with Crippen LogP contribution >= 0.6 is 0 Å². The Balaban J connectivity index is 1.41. The number of halogens is 1. The molecule has 0 atom stereocenters. The number of nitrogens with zero attached hydrogens (tertiary/aromatic N) is 2. The van der Waals surface area contributed by atoms with Crippen LogP contribution in [-0.2, 0) is 6.42 Å². The second-order valence-corrected chi connectivity index (χ2v) is 7.10. The summed E-state index contributed by atoms with van der Waals surface area (Å²) in [6, 6.07) is 5.63. The van der Waals surface area contributed by atoms with Crippen LogP contribution in [0.5, 0.6) is 0 Å². The molecule has 2 aromatic rings. The van der Waals surface area contributed by atoms with Gasteiger partial charge in [-0.1, -0.05) is 12.8 Å². The van der Waals surface area contributed by atoms with E-state index in [9.17, 15) is 4.39 Å². The lowest BCUT2D eigenvalue weighted by molar-refractivity contribution is 0.249. The van der Waals surface area contributed by atoms with Crippen molar-refractivity contribution in [3.05, 3.63) is 35.8 Å². The second-order valence-electron chi connectivity index (χ2n) is 7.10. The lowest BCUT2D eigenvalue weighted by Gasteiger charge is -2.24. The molecule has 1 aromatic carbocycles. The van der Waals surface area contributed by atoms with Crippen molar-refractivity contribution in [1.29, 1.82) is 0 Å². The van der Waals surface area contributed by atoms with Gasteiger partial charge in [0.1, 0.15) is 5.82 Å². The van der Waals surface area contributed by atoms with Gasteiger partial charge in [-0.05, 0) is 50.1 Å². The summed E-state index contributed by atoms with van der Waals surface area (Å²) in [7, 11) is 4.01. The molecule has 142 valence electrons. The molecule has 1 aromatic heterocycles. The van der Waals surface area contributed by atoms with Crippen molar-refractivity contribution in [2.45, 2.75) is 38.1 Å². The molecule has 6 heteroatoms. The highest BCUT2D eigenvalue weighted by Crippen LogP contribution is 2.22. The predicted molar refractivity (Wildman–Crippen MR) is 106 cm³/mol. The van der Waals surface area contributed by atoms with Gasteiger partial charge in [-0.3, -0.25) is 4.99 Å². The van der Waals surface area contributed by atoms with Crippen LogP contribution in [0.1, 0.15) is 31.2 Å². The number of aromatic nitrogens is 1. The molecular formula is C20H30FN5. The van der Waals surface area contributed by atoms with Gasteiger partial charge >= 0.3 is 0 Å². The Morgan fingerprint density at radius 1 is 1.27 bits per heavy atom. The topological polar surface area (TPSA) is 55.5 Å². The third-order valence-electron chi connectivity index (χ3n) is 5.34. The fraction of sp³-hybridized carbons (Fsp3) is 0.550.